The molecule has 9 heteroatoms. The number of hydrogen-bond donors (Lipinski definition) is 0. The highest BCUT2D eigenvalue weighted by molar-refractivity contribution is 6.22. The molecule has 3 aromatic rings. The predicted octanol–water partition coefficient (Wildman–Crippen LogP) is 3.92. The molecule has 2 aliphatic rings. The maximum Gasteiger partial charge on any atom is 0.338 e. The van der Waals surface area contributed by atoms with Crippen LogP contribution in [0.1, 0.15) is 65.9 Å². The van der Waals surface area contributed by atoms with Crippen LogP contribution in [0.4, 0.5) is 0 Å². The number of unbranched alkanes of at least 4 members (excludes halogenated alkanes) is 1. The van der Waals surface area contributed by atoms with Crippen molar-refractivity contribution in [1.29, 1.82) is 0 Å². The van der Waals surface area contributed by atoms with Crippen LogP contribution in [0.15, 0.2) is 48.5 Å². The lowest BCUT2D eigenvalue weighted by Gasteiger charge is -2.29. The molecule has 2 atom stereocenters. The summed E-state index contributed by atoms with van der Waals surface area (Å²) in [5, 5.41) is 0. The van der Waals surface area contributed by atoms with Crippen LogP contribution >= 0.6 is 0 Å². The second kappa shape index (κ2) is 11.5. The van der Waals surface area contributed by atoms with Gasteiger partial charge in [0.25, 0.3) is 0 Å². The van der Waals surface area contributed by atoms with Gasteiger partial charge in [-0.3, -0.25) is 14.4 Å². The van der Waals surface area contributed by atoms with Crippen molar-refractivity contribution in [2.45, 2.75) is 52.1 Å². The van der Waals surface area contributed by atoms with Crippen LogP contribution in [0.25, 0.3) is 11.1 Å². The average molecular weight is 544 g/mol. The molecule has 0 spiro atoms. The van der Waals surface area contributed by atoms with Gasteiger partial charge in [0.05, 0.1) is 30.7 Å². The number of nitrogens with zero attached hydrogens (tertiary/aromatic N) is 3. The number of rotatable bonds is 9. The molecule has 5 rings (SSSR count). The Hall–Kier alpha value is -4.27. The number of ketones is 1. The van der Waals surface area contributed by atoms with Crippen LogP contribution in [0.5, 0.6) is 0 Å². The average Bonchev–Trinajstić information content (AvgIpc) is 3.45. The third kappa shape index (κ3) is 4.80. The highest BCUT2D eigenvalue weighted by Crippen LogP contribution is 2.40. The first kappa shape index (κ1) is 27.3. The molecule has 2 aromatic carbocycles. The molecule has 1 fully saturated rings. The van der Waals surface area contributed by atoms with E-state index >= 15 is 0 Å². The van der Waals surface area contributed by atoms with Crippen molar-refractivity contribution in [2.24, 2.45) is 5.92 Å². The fourth-order valence-corrected chi connectivity index (χ4v) is 5.67. The van der Waals surface area contributed by atoms with Gasteiger partial charge in [-0.25, -0.2) is 9.78 Å². The van der Waals surface area contributed by atoms with Crippen molar-refractivity contribution in [2.75, 3.05) is 20.3 Å². The Kier molecular flexibility index (Phi) is 7.82. The van der Waals surface area contributed by atoms with Gasteiger partial charge in [-0.05, 0) is 36.1 Å². The number of aromatic nitrogens is 2. The molecule has 2 aliphatic heterocycles. The molecule has 9 nitrogen and oxygen atoms in total. The van der Waals surface area contributed by atoms with Crippen molar-refractivity contribution in [3.63, 3.8) is 0 Å². The van der Waals surface area contributed by atoms with Gasteiger partial charge in [-0.2, -0.15) is 0 Å². The molecule has 1 amide bonds. The van der Waals surface area contributed by atoms with Gasteiger partial charge in [0, 0.05) is 25.9 Å². The number of benzene rings is 2. The summed E-state index contributed by atoms with van der Waals surface area (Å²) < 4.78 is 12.1. The van der Waals surface area contributed by atoms with Crippen LogP contribution in [0.3, 0.4) is 0 Å². The molecule has 0 bridgehead atoms. The molecule has 208 valence electrons. The number of aryl methyl sites for hydroxylation is 1. The minimum absolute atomic E-state index is 0.102. The number of carbonyl (C=O) groups is 4. The Labute approximate surface area is 233 Å². The van der Waals surface area contributed by atoms with Crippen LogP contribution in [-0.4, -0.2) is 58.3 Å². The Morgan fingerprint density at radius 3 is 2.50 bits per heavy atom. The van der Waals surface area contributed by atoms with E-state index in [0.29, 0.717) is 30.8 Å². The number of esters is 2. The molecule has 0 N–H and O–H groups in total. The number of fused-ring (bicyclic) bond motifs is 3. The van der Waals surface area contributed by atoms with Gasteiger partial charge in [-0.1, -0.05) is 55.8 Å². The summed E-state index contributed by atoms with van der Waals surface area (Å²) in [5.74, 6) is -2.67. The summed E-state index contributed by atoms with van der Waals surface area (Å²) in [6, 6.07) is 14.3. The molecule has 1 saturated heterocycles. The first-order valence-electron chi connectivity index (χ1n) is 13.7. The lowest BCUT2D eigenvalue weighted by atomic mass is 9.97. The smallest absolute Gasteiger partial charge is 0.338 e. The number of carbonyl (C=O) groups excluding carboxylic acids is 4. The maximum absolute atomic E-state index is 13.5. The monoisotopic (exact) mass is 543 g/mol. The fourth-order valence-electron chi connectivity index (χ4n) is 5.67. The summed E-state index contributed by atoms with van der Waals surface area (Å²) in [6.07, 6.45) is 3.19. The summed E-state index contributed by atoms with van der Waals surface area (Å²) in [4.78, 5) is 57.9. The number of imidazole rings is 1. The van der Waals surface area contributed by atoms with Crippen molar-refractivity contribution in [1.82, 2.24) is 14.5 Å². The third-order valence-corrected chi connectivity index (χ3v) is 7.62. The number of amides is 1. The first-order chi connectivity index (χ1) is 19.4. The predicted molar refractivity (Wildman–Crippen MR) is 146 cm³/mol. The van der Waals surface area contributed by atoms with E-state index in [-0.39, 0.29) is 6.61 Å². The highest BCUT2D eigenvalue weighted by atomic mass is 16.5. The quantitative estimate of drug-likeness (QED) is 0.297. The molecule has 1 aromatic heterocycles. The molecule has 0 aliphatic carbocycles. The van der Waals surface area contributed by atoms with Crippen molar-refractivity contribution < 1.29 is 28.7 Å². The first-order valence-corrected chi connectivity index (χ1v) is 13.7. The number of methoxy groups -OCH3 is 1. The Balaban J connectivity index is 1.50. The lowest BCUT2D eigenvalue weighted by Crippen LogP contribution is -2.37. The number of hydrogen-bond acceptors (Lipinski definition) is 7. The van der Waals surface area contributed by atoms with E-state index in [2.05, 4.69) is 11.5 Å². The molecule has 2 unspecified atom stereocenters. The number of Topliss-reactive ketones (excluding diaryl/α,β-unsaturated/α-hetero) is 1. The SMILES string of the molecule is CCCCc1nc2c(n1Cc1ccc(-c3ccccc3C(=O)OC)cc1)C1C(=O)C(C(=O)OCC)C(=O)N1CC2. The van der Waals surface area contributed by atoms with Crippen LogP contribution in [0, 0.1) is 5.92 Å². The van der Waals surface area contributed by atoms with Gasteiger partial charge in [0.15, 0.2) is 11.7 Å². The van der Waals surface area contributed by atoms with Crippen LogP contribution in [0.2, 0.25) is 0 Å². The normalized spacial score (nSPS) is 17.9. The highest BCUT2D eigenvalue weighted by Gasteiger charge is 2.55. The molecular weight excluding hydrogens is 510 g/mol. The van der Waals surface area contributed by atoms with Gasteiger partial charge < -0.3 is 18.9 Å². The van der Waals surface area contributed by atoms with E-state index in [1.807, 2.05) is 36.4 Å². The summed E-state index contributed by atoms with van der Waals surface area (Å²) in [6.45, 7) is 4.67. The van der Waals surface area contributed by atoms with Gasteiger partial charge in [-0.15, -0.1) is 0 Å². The molecule has 40 heavy (non-hydrogen) atoms. The fraction of sp³-hybridized carbons (Fsp3) is 0.387. The molecule has 0 saturated carbocycles. The maximum atomic E-state index is 13.5. The summed E-state index contributed by atoms with van der Waals surface area (Å²) in [5.41, 5.74) is 4.63. The van der Waals surface area contributed by atoms with Crippen molar-refractivity contribution in [3.05, 3.63) is 76.9 Å². The molecule has 3 heterocycles. The zero-order chi connectivity index (χ0) is 28.4. The standard InChI is InChI=1S/C31H33N3O6/c1-4-6-11-24-32-23-16-17-33-27(28(35)25(29(33)36)31(38)40-5-2)26(23)34(24)18-19-12-14-20(15-13-19)21-9-7-8-10-22(21)30(37)39-3/h7-10,12-15,25,27H,4-6,11,16-18H2,1-3H3. The van der Waals surface area contributed by atoms with E-state index < -0.39 is 35.6 Å². The summed E-state index contributed by atoms with van der Waals surface area (Å²) in [7, 11) is 1.36. The van der Waals surface area contributed by atoms with Crippen molar-refractivity contribution >= 4 is 23.6 Å². The van der Waals surface area contributed by atoms with Gasteiger partial charge >= 0.3 is 11.9 Å². The van der Waals surface area contributed by atoms with E-state index in [1.165, 1.54) is 12.0 Å². The van der Waals surface area contributed by atoms with Gasteiger partial charge in [0.2, 0.25) is 5.91 Å². The van der Waals surface area contributed by atoms with Crippen LogP contribution < -0.4 is 0 Å². The third-order valence-electron chi connectivity index (χ3n) is 7.62. The van der Waals surface area contributed by atoms with Crippen LogP contribution in [-0.2, 0) is 43.2 Å². The van der Waals surface area contributed by atoms with Crippen molar-refractivity contribution in [3.8, 4) is 11.1 Å². The summed E-state index contributed by atoms with van der Waals surface area (Å²) >= 11 is 0. The van der Waals surface area contributed by atoms with E-state index in [9.17, 15) is 19.2 Å². The Morgan fingerprint density at radius 1 is 1.05 bits per heavy atom. The largest absolute Gasteiger partial charge is 0.465 e. The topological polar surface area (TPSA) is 108 Å². The zero-order valence-corrected chi connectivity index (χ0v) is 23.0. The van der Waals surface area contributed by atoms with Gasteiger partial charge in [0.1, 0.15) is 11.9 Å². The number of ether oxygens (including phenoxy) is 2. The minimum Gasteiger partial charge on any atom is -0.465 e. The van der Waals surface area contributed by atoms with E-state index in [1.54, 1.807) is 19.1 Å². The zero-order valence-electron chi connectivity index (χ0n) is 23.0. The second-order valence-electron chi connectivity index (χ2n) is 10.1. The molecular formula is C31H33N3O6. The van der Waals surface area contributed by atoms with E-state index in [0.717, 1.165) is 47.5 Å². The Bertz CT molecular complexity index is 1460. The van der Waals surface area contributed by atoms with E-state index in [4.69, 9.17) is 14.5 Å². The molecule has 0 radical (unpaired) electrons. The second-order valence-corrected chi connectivity index (χ2v) is 10.1. The lowest BCUT2D eigenvalue weighted by molar-refractivity contribution is -0.154. The Morgan fingerprint density at radius 2 is 1.80 bits per heavy atom. The minimum atomic E-state index is -1.42.